The molecule has 5 rings (SSSR count). The zero-order valence-electron chi connectivity index (χ0n) is 19.1. The van der Waals surface area contributed by atoms with Crippen molar-refractivity contribution in [3.05, 3.63) is 90.1 Å². The molecule has 11 heteroatoms. The summed E-state index contributed by atoms with van der Waals surface area (Å²) in [7, 11) is -3.83. The quantitative estimate of drug-likeness (QED) is 0.319. The molecule has 1 aromatic heterocycles. The molecule has 2 heterocycles. The minimum atomic E-state index is -3.83. The minimum absolute atomic E-state index is 0. The number of aromatic amines is 1. The molecule has 0 unspecified atom stereocenters. The number of sulfonamides is 1. The van der Waals surface area contributed by atoms with Crippen molar-refractivity contribution < 1.29 is 23.1 Å². The van der Waals surface area contributed by atoms with Crippen molar-refractivity contribution in [3.63, 3.8) is 0 Å². The molecule has 0 bridgehead atoms. The lowest BCUT2D eigenvalue weighted by molar-refractivity contribution is -0.138. The molecule has 3 aromatic carbocycles. The lowest BCUT2D eigenvalue weighted by Crippen LogP contribution is -2.64. The molecule has 0 aliphatic carbocycles. The second-order valence-electron chi connectivity index (χ2n) is 8.65. The Morgan fingerprint density at radius 2 is 1.86 bits per heavy atom. The Labute approximate surface area is 214 Å². The summed E-state index contributed by atoms with van der Waals surface area (Å²) in [5, 5.41) is 17.0. The number of hydrogen-bond acceptors (Lipinski definition) is 6. The normalized spacial score (nSPS) is 16.0. The van der Waals surface area contributed by atoms with Crippen molar-refractivity contribution in [2.45, 2.75) is 23.0 Å². The Morgan fingerprint density at radius 3 is 2.58 bits per heavy atom. The molecule has 1 fully saturated rings. The van der Waals surface area contributed by atoms with Crippen LogP contribution in [0.25, 0.3) is 10.9 Å². The van der Waals surface area contributed by atoms with Gasteiger partial charge in [-0.05, 0) is 41.8 Å². The van der Waals surface area contributed by atoms with Crippen LogP contribution in [-0.2, 0) is 26.8 Å². The van der Waals surface area contributed by atoms with Gasteiger partial charge in [0.1, 0.15) is 11.8 Å². The SMILES string of the molecule is Cl.N[C@@H](Cc1cccc(S(=O)(=O)N2CC(Oc3ccc4cn[nH]c4c3)(c3ccccc3)C2)c1)C(=O)O. The topological polar surface area (TPSA) is 139 Å². The number of carbonyl (C=O) groups is 1. The fourth-order valence-electron chi connectivity index (χ4n) is 4.27. The van der Waals surface area contributed by atoms with Crippen LogP contribution in [0.1, 0.15) is 11.1 Å². The zero-order chi connectivity index (χ0) is 24.6. The molecule has 4 aromatic rings. The maximum atomic E-state index is 13.4. The van der Waals surface area contributed by atoms with Gasteiger partial charge in [-0.15, -0.1) is 12.4 Å². The van der Waals surface area contributed by atoms with Gasteiger partial charge in [0, 0.05) is 11.5 Å². The lowest BCUT2D eigenvalue weighted by Gasteiger charge is -2.48. The Morgan fingerprint density at radius 1 is 1.11 bits per heavy atom. The van der Waals surface area contributed by atoms with Gasteiger partial charge in [0.05, 0.1) is 29.7 Å². The maximum Gasteiger partial charge on any atom is 0.320 e. The second kappa shape index (κ2) is 9.90. The van der Waals surface area contributed by atoms with Gasteiger partial charge in [-0.25, -0.2) is 8.42 Å². The Balaban J connectivity index is 0.00000304. The highest BCUT2D eigenvalue weighted by Crippen LogP contribution is 2.40. The van der Waals surface area contributed by atoms with Crippen LogP contribution in [0.3, 0.4) is 0 Å². The van der Waals surface area contributed by atoms with Crippen molar-refractivity contribution in [2.75, 3.05) is 13.1 Å². The summed E-state index contributed by atoms with van der Waals surface area (Å²) in [6.45, 7) is 0.248. The number of aliphatic carboxylic acids is 1. The summed E-state index contributed by atoms with van der Waals surface area (Å²) in [5.74, 6) is -0.536. The van der Waals surface area contributed by atoms with Crippen LogP contribution in [0.2, 0.25) is 0 Å². The molecule has 9 nitrogen and oxygen atoms in total. The van der Waals surface area contributed by atoms with Crippen LogP contribution < -0.4 is 10.5 Å². The molecule has 1 aliphatic rings. The molecule has 1 aliphatic heterocycles. The smallest absolute Gasteiger partial charge is 0.320 e. The number of H-pyrrole nitrogens is 1. The first-order chi connectivity index (χ1) is 16.8. The minimum Gasteiger partial charge on any atom is -0.480 e. The summed E-state index contributed by atoms with van der Waals surface area (Å²) in [6.07, 6.45) is 1.76. The third-order valence-corrected chi connectivity index (χ3v) is 7.99. The fourth-order valence-corrected chi connectivity index (χ4v) is 5.88. The van der Waals surface area contributed by atoms with Gasteiger partial charge in [0.15, 0.2) is 5.60 Å². The summed E-state index contributed by atoms with van der Waals surface area (Å²) in [4.78, 5) is 11.2. The van der Waals surface area contributed by atoms with E-state index in [0.717, 1.165) is 16.5 Å². The van der Waals surface area contributed by atoms with Crippen LogP contribution in [0.15, 0.2) is 83.9 Å². The van der Waals surface area contributed by atoms with E-state index in [1.807, 2.05) is 48.5 Å². The number of aromatic nitrogens is 2. The molecule has 188 valence electrons. The van der Waals surface area contributed by atoms with E-state index in [-0.39, 0.29) is 36.8 Å². The number of nitrogens with one attached hydrogen (secondary N) is 1. The molecule has 1 atom stereocenters. The first-order valence-corrected chi connectivity index (χ1v) is 12.5. The van der Waals surface area contributed by atoms with Crippen molar-refractivity contribution in [2.24, 2.45) is 5.73 Å². The highest BCUT2D eigenvalue weighted by Gasteiger charge is 2.52. The Bertz CT molecular complexity index is 1490. The standard InChI is InChI=1S/C25H24N4O5S.ClH/c26-22(24(30)31)12-17-5-4-8-21(11-17)35(32,33)29-15-25(16-29,19-6-2-1-3-7-19)34-20-10-9-18-14-27-28-23(18)13-20;/h1-11,13-14,22H,12,15-16,26H2,(H,27,28)(H,30,31);1H/t22-;/m0./s1. The highest BCUT2D eigenvalue weighted by atomic mass is 35.5. The molecule has 0 radical (unpaired) electrons. The zero-order valence-corrected chi connectivity index (χ0v) is 20.7. The number of rotatable bonds is 8. The molecule has 0 spiro atoms. The average Bonchev–Trinajstić information content (AvgIpc) is 3.29. The summed E-state index contributed by atoms with van der Waals surface area (Å²) in [6, 6.07) is 20.3. The fraction of sp³-hybridized carbons (Fsp3) is 0.200. The first-order valence-electron chi connectivity index (χ1n) is 11.0. The number of hydrogen-bond donors (Lipinski definition) is 3. The van der Waals surface area contributed by atoms with Gasteiger partial charge in [-0.3, -0.25) is 9.89 Å². The Kier molecular flexibility index (Phi) is 7.05. The van der Waals surface area contributed by atoms with Crippen LogP contribution >= 0.6 is 12.4 Å². The Hall–Kier alpha value is -3.44. The van der Waals surface area contributed by atoms with Gasteiger partial charge in [0.2, 0.25) is 10.0 Å². The first kappa shape index (κ1) is 25.6. The number of fused-ring (bicyclic) bond motifs is 1. The van der Waals surface area contributed by atoms with Crippen molar-refractivity contribution >= 4 is 39.3 Å². The number of nitrogens with two attached hydrogens (primary N) is 1. The molecular formula is C25H25ClN4O5S. The highest BCUT2D eigenvalue weighted by molar-refractivity contribution is 7.89. The van der Waals surface area contributed by atoms with Gasteiger partial charge in [-0.1, -0.05) is 42.5 Å². The van der Waals surface area contributed by atoms with E-state index in [0.29, 0.717) is 11.3 Å². The average molecular weight is 529 g/mol. The van der Waals surface area contributed by atoms with E-state index in [2.05, 4.69) is 10.2 Å². The van der Waals surface area contributed by atoms with Gasteiger partial charge in [-0.2, -0.15) is 9.40 Å². The molecule has 1 saturated heterocycles. The summed E-state index contributed by atoms with van der Waals surface area (Å²) >= 11 is 0. The van der Waals surface area contributed by atoms with Gasteiger partial charge < -0.3 is 15.6 Å². The van der Waals surface area contributed by atoms with Crippen LogP contribution in [0.4, 0.5) is 0 Å². The third kappa shape index (κ3) is 4.80. The predicted molar refractivity (Wildman–Crippen MR) is 137 cm³/mol. The summed E-state index contributed by atoms with van der Waals surface area (Å²) < 4.78 is 34.6. The van der Waals surface area contributed by atoms with E-state index >= 15 is 0 Å². The van der Waals surface area contributed by atoms with E-state index in [9.17, 15) is 13.2 Å². The number of carboxylic acids is 1. The number of benzene rings is 3. The van der Waals surface area contributed by atoms with E-state index in [1.165, 1.54) is 16.4 Å². The number of carboxylic acid groups (broad SMARTS) is 1. The van der Waals surface area contributed by atoms with Crippen molar-refractivity contribution in [1.82, 2.24) is 14.5 Å². The van der Waals surface area contributed by atoms with Crippen LogP contribution in [0, 0.1) is 0 Å². The molecule has 36 heavy (non-hydrogen) atoms. The lowest BCUT2D eigenvalue weighted by atomic mass is 9.87. The number of halogens is 1. The van der Waals surface area contributed by atoms with E-state index in [4.69, 9.17) is 15.6 Å². The van der Waals surface area contributed by atoms with Gasteiger partial charge >= 0.3 is 5.97 Å². The summed E-state index contributed by atoms with van der Waals surface area (Å²) in [5.41, 5.74) is 7.01. The maximum absolute atomic E-state index is 13.4. The number of ether oxygens (including phenoxy) is 1. The van der Waals surface area contributed by atoms with Crippen molar-refractivity contribution in [3.8, 4) is 5.75 Å². The monoisotopic (exact) mass is 528 g/mol. The van der Waals surface area contributed by atoms with E-state index < -0.39 is 27.6 Å². The molecule has 0 amide bonds. The van der Waals surface area contributed by atoms with E-state index in [1.54, 1.807) is 18.3 Å². The number of nitrogens with zero attached hydrogens (tertiary/aromatic N) is 2. The molecule has 0 saturated carbocycles. The van der Waals surface area contributed by atoms with Crippen LogP contribution in [-0.4, -0.2) is 53.1 Å². The molecular weight excluding hydrogens is 504 g/mol. The predicted octanol–water partition coefficient (Wildman–Crippen LogP) is 2.92. The van der Waals surface area contributed by atoms with Crippen LogP contribution in [0.5, 0.6) is 5.75 Å². The third-order valence-electron chi connectivity index (χ3n) is 6.20. The van der Waals surface area contributed by atoms with Crippen molar-refractivity contribution in [1.29, 1.82) is 0 Å². The van der Waals surface area contributed by atoms with Gasteiger partial charge in [0.25, 0.3) is 0 Å². The largest absolute Gasteiger partial charge is 0.480 e. The molecule has 4 N–H and O–H groups in total. The second-order valence-corrected chi connectivity index (χ2v) is 10.6.